The lowest BCUT2D eigenvalue weighted by Crippen LogP contribution is -2.55. The predicted octanol–water partition coefficient (Wildman–Crippen LogP) is -6.60. The van der Waals surface area contributed by atoms with E-state index in [1.54, 1.807) is 0 Å². The van der Waals surface area contributed by atoms with Crippen molar-refractivity contribution >= 4 is 170 Å². The van der Waals surface area contributed by atoms with Crippen LogP contribution in [0.5, 0.6) is 0 Å². The van der Waals surface area contributed by atoms with E-state index >= 15 is 0 Å². The molecule has 8 aromatic carbocycles. The average molecular weight is 785 g/mol. The molecule has 1 aromatic heterocycles. The SMILES string of the molecule is Bc1c(B)c(B)c2c(-c3cccc(-c4ccccc4)c3)c3c(B)c(B)c(B)c(B)c3c(-c3ccc(-c4ccc(-n5c(C(B)(B)C(B)(B)O)nc6ccccc65)cc4)cc3)c2c1B. The summed E-state index contributed by atoms with van der Waals surface area (Å²) >= 11 is 0. The molecule has 0 atom stereocenters. The molecule has 0 radical (unpaired) electrons. The Labute approximate surface area is 377 Å². The predicted molar refractivity (Wildman–Crippen MR) is 304 cm³/mol. The van der Waals surface area contributed by atoms with Gasteiger partial charge in [0.1, 0.15) is 100.0 Å². The number of fused-ring (bicyclic) bond motifs is 3. The fourth-order valence-corrected chi connectivity index (χ4v) is 9.80. The van der Waals surface area contributed by atoms with Crippen LogP contribution in [0, 0.1) is 0 Å². The van der Waals surface area contributed by atoms with Gasteiger partial charge in [-0.15, -0.1) is 21.9 Å². The van der Waals surface area contributed by atoms with E-state index in [4.69, 9.17) is 4.98 Å². The molecule has 0 fully saturated rings. The molecular formula is C47H46B12N2O. The molecule has 3 nitrogen and oxygen atoms in total. The summed E-state index contributed by atoms with van der Waals surface area (Å²) in [5, 5.41) is 15.1. The lowest BCUT2D eigenvalue weighted by molar-refractivity contribution is 0.189. The van der Waals surface area contributed by atoms with E-state index in [-0.39, 0.29) is 0 Å². The van der Waals surface area contributed by atoms with Crippen molar-refractivity contribution in [2.45, 2.75) is 10.6 Å². The smallest absolute Gasteiger partial charge is 0.139 e. The number of rotatable bonds is 7. The standard InChI is InChI=1S/C47H46B12N2O/c48-37-33-31(25-15-13-23(14-16-25)24-17-19-28(20-18-24)61-30-12-5-4-11-29(30)60-45(61)46(56,57)47(58,59)62)34-36(40(51)44(55)42(53)38(34)49)32(35(33)39(50)43(54)41(37)52)27-10-6-9-26(21-27)22-7-2-1-3-8-22/h1-21,62H,48-59H2. The zero-order valence-electron chi connectivity index (χ0n) is 38.5. The molecule has 1 heterocycles. The van der Waals surface area contributed by atoms with Gasteiger partial charge in [-0.1, -0.05) is 119 Å². The number of aromatic nitrogens is 2. The second-order valence-corrected chi connectivity index (χ2v) is 18.8. The second-order valence-electron chi connectivity index (χ2n) is 18.8. The molecule has 0 saturated carbocycles. The maximum atomic E-state index is 11.3. The van der Waals surface area contributed by atoms with Gasteiger partial charge in [-0.05, 0) is 107 Å². The van der Waals surface area contributed by atoms with Crippen LogP contribution >= 0.6 is 0 Å². The van der Waals surface area contributed by atoms with Gasteiger partial charge in [0.25, 0.3) is 0 Å². The fourth-order valence-electron chi connectivity index (χ4n) is 9.80. The Balaban J connectivity index is 1.24. The quantitative estimate of drug-likeness (QED) is 0.129. The molecular weight excluding hydrogens is 738 g/mol. The Morgan fingerprint density at radius 3 is 1.32 bits per heavy atom. The number of benzene rings is 8. The van der Waals surface area contributed by atoms with Crippen molar-refractivity contribution in [2.24, 2.45) is 0 Å². The summed E-state index contributed by atoms with van der Waals surface area (Å²) in [6, 6.07) is 46.2. The lowest BCUT2D eigenvalue weighted by Gasteiger charge is -2.38. The van der Waals surface area contributed by atoms with Crippen LogP contribution < -0.4 is 43.7 Å². The summed E-state index contributed by atoms with van der Waals surface area (Å²) < 4.78 is 2.21. The Morgan fingerprint density at radius 2 is 0.806 bits per heavy atom. The van der Waals surface area contributed by atoms with E-state index in [0.29, 0.717) is 0 Å². The van der Waals surface area contributed by atoms with Gasteiger partial charge < -0.3 is 5.11 Å². The first-order valence-electron chi connectivity index (χ1n) is 22.0. The zero-order chi connectivity index (χ0) is 44.0. The van der Waals surface area contributed by atoms with Gasteiger partial charge in [0.2, 0.25) is 0 Å². The van der Waals surface area contributed by atoms with Crippen molar-refractivity contribution in [3.63, 3.8) is 0 Å². The molecule has 15 heteroatoms. The van der Waals surface area contributed by atoms with Crippen LogP contribution in [0.15, 0.2) is 127 Å². The normalized spacial score (nSPS) is 12.1. The largest absolute Gasteiger partial charge is 0.408 e. The minimum Gasteiger partial charge on any atom is -0.408 e. The average Bonchev–Trinajstić information content (AvgIpc) is 3.68. The summed E-state index contributed by atoms with van der Waals surface area (Å²) in [7, 11) is 26.4. The molecule has 0 amide bonds. The van der Waals surface area contributed by atoms with Gasteiger partial charge in [0.15, 0.2) is 0 Å². The minimum atomic E-state index is -0.984. The summed E-state index contributed by atoms with van der Waals surface area (Å²) in [6.45, 7) is 0. The number of imidazole rings is 1. The van der Waals surface area contributed by atoms with Crippen LogP contribution in [-0.4, -0.2) is 114 Å². The molecule has 0 spiro atoms. The molecule has 0 saturated heterocycles. The molecule has 62 heavy (non-hydrogen) atoms. The third-order valence-corrected chi connectivity index (χ3v) is 14.9. The van der Waals surface area contributed by atoms with E-state index in [0.717, 1.165) is 33.7 Å². The van der Waals surface area contributed by atoms with Crippen molar-refractivity contribution in [1.82, 2.24) is 9.55 Å². The molecule has 9 aromatic rings. The van der Waals surface area contributed by atoms with Crippen molar-refractivity contribution in [1.29, 1.82) is 0 Å². The van der Waals surface area contributed by atoms with Crippen LogP contribution in [0.3, 0.4) is 0 Å². The zero-order valence-corrected chi connectivity index (χ0v) is 38.5. The Bertz CT molecular complexity index is 3190. The Hall–Kier alpha value is -5.51. The first-order chi connectivity index (χ1) is 29.5. The highest BCUT2D eigenvalue weighted by Gasteiger charge is 2.40. The molecule has 0 aliphatic rings. The summed E-state index contributed by atoms with van der Waals surface area (Å²) in [6.07, 6.45) is 0. The molecule has 0 aliphatic carbocycles. The third kappa shape index (κ3) is 6.53. The van der Waals surface area contributed by atoms with Crippen molar-refractivity contribution < 1.29 is 5.11 Å². The minimum absolute atomic E-state index is 0.610. The molecule has 0 aliphatic heterocycles. The van der Waals surface area contributed by atoms with Gasteiger partial charge in [-0.3, -0.25) is 4.57 Å². The molecule has 1 N–H and O–H groups in total. The van der Waals surface area contributed by atoms with E-state index < -0.39 is 10.6 Å². The van der Waals surface area contributed by atoms with Crippen molar-refractivity contribution in [2.75, 3.05) is 0 Å². The summed E-state index contributed by atoms with van der Waals surface area (Å²) in [5.41, 5.74) is 23.7. The van der Waals surface area contributed by atoms with Crippen molar-refractivity contribution in [3.05, 3.63) is 133 Å². The number of hydrogen-bond acceptors (Lipinski definition) is 2. The van der Waals surface area contributed by atoms with Crippen LogP contribution in [-0.2, 0) is 5.21 Å². The molecule has 0 bridgehead atoms. The first-order valence-corrected chi connectivity index (χ1v) is 22.0. The highest BCUT2D eigenvalue weighted by Crippen LogP contribution is 2.42. The monoisotopic (exact) mass is 786 g/mol. The van der Waals surface area contributed by atoms with Gasteiger partial charge in [-0.2, -0.15) is 0 Å². The maximum Gasteiger partial charge on any atom is 0.139 e. The first kappa shape index (κ1) is 41.8. The van der Waals surface area contributed by atoms with Crippen LogP contribution in [0.1, 0.15) is 5.82 Å². The van der Waals surface area contributed by atoms with Gasteiger partial charge >= 0.3 is 0 Å². The number of aliphatic hydroxyl groups is 1. The van der Waals surface area contributed by atoms with Gasteiger partial charge in [0.05, 0.1) is 11.0 Å². The highest BCUT2D eigenvalue weighted by molar-refractivity contribution is 6.71. The lowest BCUT2D eigenvalue weighted by atomic mass is 9.35. The van der Waals surface area contributed by atoms with E-state index in [2.05, 4.69) is 198 Å². The topological polar surface area (TPSA) is 38.0 Å². The molecule has 0 unspecified atom stereocenters. The van der Waals surface area contributed by atoms with E-state index in [1.165, 1.54) is 98.6 Å². The van der Waals surface area contributed by atoms with E-state index in [9.17, 15) is 5.11 Å². The Kier molecular flexibility index (Phi) is 10.4. The van der Waals surface area contributed by atoms with Crippen LogP contribution in [0.4, 0.5) is 0 Å². The fraction of sp³-hybridized carbons (Fsp3) is 0.0426. The highest BCUT2D eigenvalue weighted by atomic mass is 16.3. The van der Waals surface area contributed by atoms with Crippen LogP contribution in [0.2, 0.25) is 0 Å². The number of para-hydroxylation sites is 2. The van der Waals surface area contributed by atoms with Gasteiger partial charge in [-0.25, -0.2) is 4.98 Å². The summed E-state index contributed by atoms with van der Waals surface area (Å²) in [5.74, 6) is 0.838. The van der Waals surface area contributed by atoms with E-state index in [1.807, 2.05) is 27.8 Å². The number of nitrogens with zero attached hydrogens (tertiary/aromatic N) is 2. The molecule has 286 valence electrons. The number of hydrogen-bond donors (Lipinski definition) is 1. The molecule has 9 rings (SSSR count). The third-order valence-electron chi connectivity index (χ3n) is 14.9. The van der Waals surface area contributed by atoms with Crippen LogP contribution in [0.25, 0.3) is 82.8 Å². The Morgan fingerprint density at radius 1 is 0.403 bits per heavy atom. The van der Waals surface area contributed by atoms with Gasteiger partial charge in [0, 0.05) is 5.69 Å². The summed E-state index contributed by atoms with van der Waals surface area (Å²) in [4.78, 5) is 5.07. The van der Waals surface area contributed by atoms with Crippen molar-refractivity contribution in [3.8, 4) is 50.2 Å². The maximum absolute atomic E-state index is 11.3. The second kappa shape index (κ2) is 15.4.